The lowest BCUT2D eigenvalue weighted by Gasteiger charge is -2.18. The van der Waals surface area contributed by atoms with E-state index in [2.05, 4.69) is 48.4 Å². The van der Waals surface area contributed by atoms with Crippen molar-refractivity contribution in [1.82, 2.24) is 25.2 Å². The first-order chi connectivity index (χ1) is 19.5. The van der Waals surface area contributed by atoms with E-state index in [1.807, 2.05) is 30.3 Å². The number of pyridine rings is 1. The lowest BCUT2D eigenvalue weighted by Crippen LogP contribution is -2.40. The highest BCUT2D eigenvalue weighted by molar-refractivity contribution is 6.32. The number of aromatic nitrogens is 3. The van der Waals surface area contributed by atoms with Crippen molar-refractivity contribution < 1.29 is 9.59 Å². The zero-order chi connectivity index (χ0) is 27.5. The number of hydrogen-bond donors (Lipinski definition) is 4. The van der Waals surface area contributed by atoms with E-state index in [4.69, 9.17) is 11.6 Å². The van der Waals surface area contributed by atoms with Crippen molar-refractivity contribution in [3.8, 4) is 0 Å². The highest BCUT2D eigenvalue weighted by Crippen LogP contribution is 2.29. The van der Waals surface area contributed by atoms with Gasteiger partial charge in [-0.05, 0) is 72.9 Å². The first-order valence-corrected chi connectivity index (χ1v) is 13.4. The number of benzene rings is 2. The summed E-state index contributed by atoms with van der Waals surface area (Å²) in [5, 5.41) is 12.9. The second-order valence-electron chi connectivity index (χ2n) is 9.78. The molecule has 2 aliphatic heterocycles. The Balaban J connectivity index is 1.18. The number of aryl methyl sites for hydroxylation is 2. The monoisotopic (exact) mass is 554 g/mol. The molecule has 0 radical (unpaired) electrons. The van der Waals surface area contributed by atoms with Gasteiger partial charge in [0, 0.05) is 54.2 Å². The van der Waals surface area contributed by atoms with Gasteiger partial charge in [-0.2, -0.15) is 4.98 Å². The van der Waals surface area contributed by atoms with Gasteiger partial charge in [-0.15, -0.1) is 0 Å². The van der Waals surface area contributed by atoms with Gasteiger partial charge in [-0.25, -0.2) is 9.78 Å². The summed E-state index contributed by atoms with van der Waals surface area (Å²) in [6.07, 6.45) is 6.91. The third kappa shape index (κ3) is 5.81. The van der Waals surface area contributed by atoms with Gasteiger partial charge < -0.3 is 26.2 Å². The van der Waals surface area contributed by atoms with Crippen molar-refractivity contribution in [2.45, 2.75) is 25.3 Å². The van der Waals surface area contributed by atoms with Gasteiger partial charge in [-0.3, -0.25) is 9.78 Å². The minimum atomic E-state index is -0.308. The number of likely N-dealkylation sites (tertiary alicyclic amines) is 1. The number of nitrogens with one attached hydrogen (secondary N) is 4. The van der Waals surface area contributed by atoms with Crippen molar-refractivity contribution >= 4 is 52.4 Å². The summed E-state index contributed by atoms with van der Waals surface area (Å²) < 4.78 is 0. The van der Waals surface area contributed by atoms with Crippen molar-refractivity contribution in [2.24, 2.45) is 0 Å². The smallest absolute Gasteiger partial charge is 0.319 e. The summed E-state index contributed by atoms with van der Waals surface area (Å²) in [5.74, 6) is 0.856. The molecular formula is C29H27ClN8O2. The molecule has 3 amide bonds. The SMILES string of the molecule is O=C(Nc1ccc2cc1CCc1cccc(c1)Nc1ncc(Cl)c(n1)N2)N[C@H]1CCN(C(=O)c2ccncc2)C1. The predicted molar refractivity (Wildman–Crippen MR) is 155 cm³/mol. The molecule has 1 atom stereocenters. The highest BCUT2D eigenvalue weighted by Gasteiger charge is 2.28. The van der Waals surface area contributed by atoms with Crippen LogP contribution in [-0.2, 0) is 12.8 Å². The molecule has 202 valence electrons. The van der Waals surface area contributed by atoms with Crippen LogP contribution in [0.2, 0.25) is 5.02 Å². The average molecular weight is 555 g/mol. The van der Waals surface area contributed by atoms with Crippen LogP contribution < -0.4 is 21.3 Å². The molecule has 11 heteroatoms. The first kappa shape index (κ1) is 25.6. The van der Waals surface area contributed by atoms with Gasteiger partial charge in [-0.1, -0.05) is 23.7 Å². The van der Waals surface area contributed by atoms with Crippen molar-refractivity contribution in [3.63, 3.8) is 0 Å². The lowest BCUT2D eigenvalue weighted by molar-refractivity contribution is 0.0789. The second kappa shape index (κ2) is 11.2. The van der Waals surface area contributed by atoms with Crippen LogP contribution in [0.5, 0.6) is 0 Å². The van der Waals surface area contributed by atoms with E-state index < -0.39 is 0 Å². The molecule has 2 aromatic heterocycles. The number of fused-ring (bicyclic) bond motifs is 6. The number of anilines is 5. The molecule has 1 fully saturated rings. The maximum atomic E-state index is 13.0. The average Bonchev–Trinajstić information content (AvgIpc) is 3.43. The Hall–Kier alpha value is -4.70. The number of carbonyl (C=O) groups excluding carboxylic acids is 2. The Kier molecular flexibility index (Phi) is 7.15. The molecule has 0 aliphatic carbocycles. The molecule has 40 heavy (non-hydrogen) atoms. The van der Waals surface area contributed by atoms with Crippen LogP contribution in [-0.4, -0.2) is 50.9 Å². The molecule has 4 heterocycles. The van der Waals surface area contributed by atoms with Gasteiger partial charge in [0.25, 0.3) is 5.91 Å². The van der Waals surface area contributed by atoms with Crippen molar-refractivity contribution in [2.75, 3.05) is 29.0 Å². The summed E-state index contributed by atoms with van der Waals surface area (Å²) in [4.78, 5) is 40.3. The largest absolute Gasteiger partial charge is 0.339 e. The predicted octanol–water partition coefficient (Wildman–Crippen LogP) is 5.15. The van der Waals surface area contributed by atoms with Crippen molar-refractivity contribution in [1.29, 1.82) is 0 Å². The zero-order valence-electron chi connectivity index (χ0n) is 21.5. The summed E-state index contributed by atoms with van der Waals surface area (Å²) in [6.45, 7) is 1.04. The Bertz CT molecular complexity index is 1570. The van der Waals surface area contributed by atoms with E-state index in [1.165, 1.54) is 0 Å². The second-order valence-corrected chi connectivity index (χ2v) is 10.2. The molecule has 0 unspecified atom stereocenters. The fourth-order valence-electron chi connectivity index (χ4n) is 4.95. The maximum absolute atomic E-state index is 13.0. The quantitative estimate of drug-likeness (QED) is 0.276. The Morgan fingerprint density at radius 3 is 2.73 bits per heavy atom. The van der Waals surface area contributed by atoms with Gasteiger partial charge in [0.15, 0.2) is 5.82 Å². The number of urea groups is 1. The van der Waals surface area contributed by atoms with E-state index in [1.54, 1.807) is 35.6 Å². The van der Waals surface area contributed by atoms with Crippen LogP contribution in [0.15, 0.2) is 73.2 Å². The van der Waals surface area contributed by atoms with E-state index in [9.17, 15) is 9.59 Å². The molecule has 6 rings (SSSR count). The molecular weight excluding hydrogens is 528 g/mol. The third-order valence-corrected chi connectivity index (χ3v) is 7.24. The minimum absolute atomic E-state index is 0.0587. The number of amides is 3. The van der Waals surface area contributed by atoms with Gasteiger partial charge in [0.05, 0.1) is 6.20 Å². The van der Waals surface area contributed by atoms with Crippen LogP contribution in [0.3, 0.4) is 0 Å². The zero-order valence-corrected chi connectivity index (χ0v) is 22.3. The van der Waals surface area contributed by atoms with Gasteiger partial charge in [0.2, 0.25) is 5.95 Å². The van der Waals surface area contributed by atoms with E-state index >= 15 is 0 Å². The topological polar surface area (TPSA) is 124 Å². The molecule has 4 aromatic rings. The van der Waals surface area contributed by atoms with Crippen LogP contribution in [0, 0.1) is 0 Å². The Labute approximate surface area is 236 Å². The van der Waals surface area contributed by atoms with Crippen LogP contribution in [0.4, 0.5) is 33.6 Å². The number of nitrogens with zero attached hydrogens (tertiary/aromatic N) is 4. The lowest BCUT2D eigenvalue weighted by atomic mass is 10.0. The molecule has 0 saturated carbocycles. The molecule has 4 N–H and O–H groups in total. The molecule has 10 nitrogen and oxygen atoms in total. The Morgan fingerprint density at radius 1 is 1.00 bits per heavy atom. The van der Waals surface area contributed by atoms with Crippen LogP contribution in [0.1, 0.15) is 27.9 Å². The molecule has 0 spiro atoms. The normalized spacial score (nSPS) is 15.9. The summed E-state index contributed by atoms with van der Waals surface area (Å²) in [7, 11) is 0. The number of carbonyl (C=O) groups is 2. The number of rotatable bonds is 3. The molecule has 2 aliphatic rings. The van der Waals surface area contributed by atoms with Gasteiger partial charge >= 0.3 is 6.03 Å². The molecule has 2 aromatic carbocycles. The summed E-state index contributed by atoms with van der Waals surface area (Å²) in [6, 6.07) is 16.8. The summed E-state index contributed by atoms with van der Waals surface area (Å²) in [5.41, 5.74) is 5.07. The van der Waals surface area contributed by atoms with Crippen molar-refractivity contribution in [3.05, 3.63) is 94.9 Å². The Morgan fingerprint density at radius 2 is 1.85 bits per heavy atom. The van der Waals surface area contributed by atoms with Crippen LogP contribution >= 0.6 is 11.6 Å². The third-order valence-electron chi connectivity index (χ3n) is 6.96. The molecule has 1 saturated heterocycles. The first-order valence-electron chi connectivity index (χ1n) is 13.1. The van der Waals surface area contributed by atoms with E-state index in [0.717, 1.165) is 28.9 Å². The fourth-order valence-corrected chi connectivity index (χ4v) is 5.09. The molecule has 6 bridgehead atoms. The number of hydrogen-bond acceptors (Lipinski definition) is 7. The van der Waals surface area contributed by atoms with E-state index in [0.29, 0.717) is 54.0 Å². The van der Waals surface area contributed by atoms with Crippen LogP contribution in [0.25, 0.3) is 0 Å². The standard InChI is InChI=1S/C29H27ClN8O2/c30-24-16-32-28-34-21-3-1-2-18(14-21)4-5-20-15-22(33-26(24)37-28)6-7-25(20)36-29(40)35-23-10-13-38(17-23)27(39)19-8-11-31-12-9-19/h1-3,6-9,11-12,14-16,23H,4-5,10,13,17H2,(H2,35,36,40)(H2,32,33,34,37)/t23-/m0/s1. The number of halogens is 1. The highest BCUT2D eigenvalue weighted by atomic mass is 35.5. The minimum Gasteiger partial charge on any atom is -0.339 e. The fraction of sp³-hybridized carbons (Fsp3) is 0.207. The van der Waals surface area contributed by atoms with E-state index in [-0.39, 0.29) is 18.0 Å². The maximum Gasteiger partial charge on any atom is 0.319 e. The summed E-state index contributed by atoms with van der Waals surface area (Å²) >= 11 is 6.37. The van der Waals surface area contributed by atoms with Gasteiger partial charge in [0.1, 0.15) is 5.02 Å².